The number of aryl methyl sites for hydroxylation is 2. The van der Waals surface area contributed by atoms with Crippen LogP contribution in [0.1, 0.15) is 34.8 Å². The molecule has 1 amide bonds. The van der Waals surface area contributed by atoms with E-state index >= 15 is 0 Å². The molecule has 2 aromatic carbocycles. The van der Waals surface area contributed by atoms with Gasteiger partial charge in [0, 0.05) is 6.54 Å². The fourth-order valence-electron chi connectivity index (χ4n) is 2.75. The molecule has 2 N–H and O–H groups in total. The Hall–Kier alpha value is -2.54. The molecule has 140 valence electrons. The number of benzene rings is 2. The first-order chi connectivity index (χ1) is 12.3. The number of anilines is 1. The van der Waals surface area contributed by atoms with Crippen LogP contribution in [0.15, 0.2) is 41.3 Å². The summed E-state index contributed by atoms with van der Waals surface area (Å²) >= 11 is 0. The lowest BCUT2D eigenvalue weighted by Crippen LogP contribution is -2.26. The lowest BCUT2D eigenvalue weighted by molar-refractivity contribution is 0.0954. The zero-order valence-electron chi connectivity index (χ0n) is 15.4. The van der Waals surface area contributed by atoms with Crippen molar-refractivity contribution < 1.29 is 17.9 Å². The molecule has 0 bridgehead atoms. The van der Waals surface area contributed by atoms with Crippen molar-refractivity contribution in [2.75, 3.05) is 18.4 Å². The summed E-state index contributed by atoms with van der Waals surface area (Å²) in [7, 11) is -2.33. The van der Waals surface area contributed by atoms with E-state index in [0.29, 0.717) is 23.4 Å². The van der Waals surface area contributed by atoms with E-state index in [1.54, 1.807) is 50.2 Å². The Morgan fingerprint density at radius 1 is 1.12 bits per heavy atom. The normalized spacial score (nSPS) is 11.1. The number of hydrogen-bond acceptors (Lipinski definition) is 4. The first-order valence-corrected chi connectivity index (χ1v) is 9.83. The maximum absolute atomic E-state index is 12.9. The molecule has 2 rings (SSSR count). The minimum absolute atomic E-state index is 0.182. The number of carbonyl (C=O) groups excluding carboxylic acids is 1. The third-order valence-electron chi connectivity index (χ3n) is 3.89. The van der Waals surface area contributed by atoms with Crippen molar-refractivity contribution >= 4 is 21.6 Å². The molecule has 0 saturated carbocycles. The molecular weight excluding hydrogens is 352 g/mol. The molecule has 0 aliphatic rings. The largest absolute Gasteiger partial charge is 0.497 e. The number of hydrogen-bond donors (Lipinski definition) is 2. The van der Waals surface area contributed by atoms with Gasteiger partial charge in [-0.3, -0.25) is 9.52 Å². The van der Waals surface area contributed by atoms with Gasteiger partial charge in [-0.2, -0.15) is 0 Å². The Kier molecular flexibility index (Phi) is 6.26. The molecule has 0 aromatic heterocycles. The standard InChI is InChI=1S/C19H24N2O4S/c1-5-10-20-19(22)16-8-6-7-9-17(16)21-26(23,24)18-13(2)11-15(25-4)12-14(18)3/h6-9,11-12,21H,5,10H2,1-4H3,(H,20,22). The van der Waals surface area contributed by atoms with Crippen molar-refractivity contribution in [1.82, 2.24) is 5.32 Å². The van der Waals surface area contributed by atoms with Gasteiger partial charge in [0.2, 0.25) is 0 Å². The van der Waals surface area contributed by atoms with E-state index < -0.39 is 10.0 Å². The number of carbonyl (C=O) groups is 1. The number of amides is 1. The van der Waals surface area contributed by atoms with E-state index in [2.05, 4.69) is 10.0 Å². The van der Waals surface area contributed by atoms with Crippen LogP contribution in [0.25, 0.3) is 0 Å². The topological polar surface area (TPSA) is 84.5 Å². The molecule has 0 unspecified atom stereocenters. The molecule has 0 saturated heterocycles. The number of rotatable bonds is 7. The number of ether oxygens (including phenoxy) is 1. The molecule has 0 spiro atoms. The molecule has 0 aliphatic heterocycles. The van der Waals surface area contributed by atoms with Crippen LogP contribution in [-0.2, 0) is 10.0 Å². The summed E-state index contributed by atoms with van der Waals surface area (Å²) in [6.07, 6.45) is 0.796. The monoisotopic (exact) mass is 376 g/mol. The van der Waals surface area contributed by atoms with Gasteiger partial charge in [-0.1, -0.05) is 19.1 Å². The van der Waals surface area contributed by atoms with Crippen molar-refractivity contribution in [3.05, 3.63) is 53.1 Å². The van der Waals surface area contributed by atoms with Gasteiger partial charge in [-0.15, -0.1) is 0 Å². The highest BCUT2D eigenvalue weighted by Crippen LogP contribution is 2.28. The van der Waals surface area contributed by atoms with Crippen molar-refractivity contribution in [3.8, 4) is 5.75 Å². The van der Waals surface area contributed by atoms with Crippen LogP contribution in [0.4, 0.5) is 5.69 Å². The molecule has 0 atom stereocenters. The minimum atomic E-state index is -3.86. The fourth-order valence-corrected chi connectivity index (χ4v) is 4.29. The zero-order valence-corrected chi connectivity index (χ0v) is 16.2. The van der Waals surface area contributed by atoms with Crippen LogP contribution in [0.3, 0.4) is 0 Å². The maximum atomic E-state index is 12.9. The van der Waals surface area contributed by atoms with Gasteiger partial charge in [0.15, 0.2) is 0 Å². The van der Waals surface area contributed by atoms with Gasteiger partial charge in [0.1, 0.15) is 5.75 Å². The van der Waals surface area contributed by atoms with E-state index in [1.165, 1.54) is 7.11 Å². The SMILES string of the molecule is CCCNC(=O)c1ccccc1NS(=O)(=O)c1c(C)cc(OC)cc1C. The van der Waals surface area contributed by atoms with E-state index in [9.17, 15) is 13.2 Å². The van der Waals surface area contributed by atoms with E-state index in [1.807, 2.05) is 6.92 Å². The number of para-hydroxylation sites is 1. The molecule has 2 aromatic rings. The lowest BCUT2D eigenvalue weighted by Gasteiger charge is -2.16. The van der Waals surface area contributed by atoms with Gasteiger partial charge >= 0.3 is 0 Å². The first-order valence-electron chi connectivity index (χ1n) is 8.35. The van der Waals surface area contributed by atoms with Crippen LogP contribution in [0, 0.1) is 13.8 Å². The summed E-state index contributed by atoms with van der Waals surface area (Å²) in [5, 5.41) is 2.76. The van der Waals surface area contributed by atoms with Crippen molar-refractivity contribution in [2.24, 2.45) is 0 Å². The second-order valence-electron chi connectivity index (χ2n) is 6.00. The second-order valence-corrected chi connectivity index (χ2v) is 7.62. The van der Waals surface area contributed by atoms with Crippen molar-refractivity contribution in [2.45, 2.75) is 32.1 Å². The number of methoxy groups -OCH3 is 1. The summed E-state index contributed by atoms with van der Waals surface area (Å²) in [4.78, 5) is 12.5. The average Bonchev–Trinajstić information content (AvgIpc) is 2.58. The van der Waals surface area contributed by atoms with E-state index in [4.69, 9.17) is 4.74 Å². The molecule has 0 heterocycles. The van der Waals surface area contributed by atoms with Gasteiger partial charge in [0.05, 0.1) is 23.3 Å². The van der Waals surface area contributed by atoms with Gasteiger partial charge in [-0.25, -0.2) is 8.42 Å². The summed E-state index contributed by atoms with van der Waals surface area (Å²) < 4.78 is 33.6. The summed E-state index contributed by atoms with van der Waals surface area (Å²) in [6.45, 7) is 5.90. The van der Waals surface area contributed by atoms with Crippen LogP contribution in [0.5, 0.6) is 5.75 Å². The Bertz CT molecular complexity index is 885. The number of nitrogens with one attached hydrogen (secondary N) is 2. The summed E-state index contributed by atoms with van der Waals surface area (Å²) in [5.41, 5.74) is 1.67. The van der Waals surface area contributed by atoms with Gasteiger partial charge in [0.25, 0.3) is 15.9 Å². The predicted octanol–water partition coefficient (Wildman–Crippen LogP) is 3.25. The molecule has 6 nitrogen and oxygen atoms in total. The zero-order chi connectivity index (χ0) is 19.3. The molecular formula is C19H24N2O4S. The van der Waals surface area contributed by atoms with E-state index in [-0.39, 0.29) is 22.1 Å². The van der Waals surface area contributed by atoms with Gasteiger partial charge in [-0.05, 0) is 55.7 Å². The Labute approximate surface area is 154 Å². The predicted molar refractivity (Wildman–Crippen MR) is 102 cm³/mol. The smallest absolute Gasteiger partial charge is 0.262 e. The molecule has 7 heteroatoms. The van der Waals surface area contributed by atoms with Crippen molar-refractivity contribution in [3.63, 3.8) is 0 Å². The summed E-state index contributed by atoms with van der Waals surface area (Å²) in [6, 6.07) is 9.89. The quantitative estimate of drug-likeness (QED) is 0.777. The third-order valence-corrected chi connectivity index (χ3v) is 5.56. The molecule has 0 fully saturated rings. The highest BCUT2D eigenvalue weighted by molar-refractivity contribution is 7.92. The fraction of sp³-hybridized carbons (Fsp3) is 0.316. The molecule has 26 heavy (non-hydrogen) atoms. The lowest BCUT2D eigenvalue weighted by atomic mass is 10.1. The van der Waals surface area contributed by atoms with Crippen LogP contribution < -0.4 is 14.8 Å². The molecule has 0 aliphatic carbocycles. The Balaban J connectivity index is 2.41. The van der Waals surface area contributed by atoms with Gasteiger partial charge < -0.3 is 10.1 Å². The Morgan fingerprint density at radius 2 is 1.73 bits per heavy atom. The average molecular weight is 376 g/mol. The number of sulfonamides is 1. The highest BCUT2D eigenvalue weighted by atomic mass is 32.2. The minimum Gasteiger partial charge on any atom is -0.497 e. The molecule has 0 radical (unpaired) electrons. The third kappa shape index (κ3) is 4.35. The van der Waals surface area contributed by atoms with Crippen molar-refractivity contribution in [1.29, 1.82) is 0 Å². The highest BCUT2D eigenvalue weighted by Gasteiger charge is 2.23. The Morgan fingerprint density at radius 3 is 2.31 bits per heavy atom. The summed E-state index contributed by atoms with van der Waals surface area (Å²) in [5.74, 6) is 0.284. The van der Waals surface area contributed by atoms with Crippen LogP contribution in [0.2, 0.25) is 0 Å². The maximum Gasteiger partial charge on any atom is 0.262 e. The first kappa shape index (κ1) is 19.8. The van der Waals surface area contributed by atoms with Crippen LogP contribution in [-0.4, -0.2) is 28.0 Å². The van der Waals surface area contributed by atoms with E-state index in [0.717, 1.165) is 6.42 Å². The second kappa shape index (κ2) is 8.23. The van der Waals surface area contributed by atoms with Crippen LogP contribution >= 0.6 is 0 Å².